The Morgan fingerprint density at radius 1 is 1.09 bits per heavy atom. The van der Waals surface area contributed by atoms with Crippen LogP contribution in [0.3, 0.4) is 0 Å². The number of likely N-dealkylation sites (tertiary alicyclic amines) is 1. The third kappa shape index (κ3) is 4.71. The Bertz CT molecular complexity index is 1420. The fourth-order valence-corrected chi connectivity index (χ4v) is 5.99. The third-order valence-electron chi connectivity index (χ3n) is 6.27. The van der Waals surface area contributed by atoms with E-state index in [4.69, 9.17) is 17.0 Å². The van der Waals surface area contributed by atoms with Gasteiger partial charge in [-0.25, -0.2) is 18.4 Å². The molecule has 0 amide bonds. The molecule has 1 fully saturated rings. The van der Waals surface area contributed by atoms with Crippen LogP contribution in [0.4, 0.5) is 11.5 Å². The average Bonchev–Trinajstić information content (AvgIpc) is 2.85. The van der Waals surface area contributed by atoms with Gasteiger partial charge in [0, 0.05) is 55.4 Å². The molecule has 5 rings (SSSR count). The molecule has 1 unspecified atom stereocenters. The minimum absolute atomic E-state index is 0.0119. The van der Waals surface area contributed by atoms with E-state index in [9.17, 15) is 13.2 Å². The number of thiocarbonyl (C=S) groups is 1. The molecule has 4 heterocycles. The van der Waals surface area contributed by atoms with E-state index >= 15 is 0 Å². The maximum atomic E-state index is 12.8. The quantitative estimate of drug-likeness (QED) is 0.496. The number of fused-ring (bicyclic) bond motifs is 4. The van der Waals surface area contributed by atoms with Gasteiger partial charge in [-0.2, -0.15) is 0 Å². The van der Waals surface area contributed by atoms with E-state index in [0.717, 1.165) is 25.2 Å². The summed E-state index contributed by atoms with van der Waals surface area (Å²) in [5.74, 6) is 0.682. The molecule has 10 nitrogen and oxygen atoms in total. The fourth-order valence-electron chi connectivity index (χ4n) is 4.71. The highest BCUT2D eigenvalue weighted by atomic mass is 32.2. The van der Waals surface area contributed by atoms with Crippen molar-refractivity contribution in [2.75, 3.05) is 30.2 Å². The summed E-state index contributed by atoms with van der Waals surface area (Å²) >= 11 is 5.67. The maximum Gasteiger partial charge on any atom is 0.263 e. The summed E-state index contributed by atoms with van der Waals surface area (Å²) in [5, 5.41) is 3.79. The van der Waals surface area contributed by atoms with Crippen molar-refractivity contribution in [1.82, 2.24) is 19.4 Å². The normalized spacial score (nSPS) is 18.9. The number of nitrogens with zero attached hydrogens (tertiary/aromatic N) is 4. The van der Waals surface area contributed by atoms with E-state index < -0.39 is 10.0 Å². The Hall–Kier alpha value is -3.51. The van der Waals surface area contributed by atoms with Crippen LogP contribution in [0, 0.1) is 5.92 Å². The molecule has 3 aromatic rings. The molecule has 2 aromatic heterocycles. The van der Waals surface area contributed by atoms with Crippen molar-refractivity contribution in [3.05, 3.63) is 70.9 Å². The second kappa shape index (κ2) is 9.27. The molecule has 2 aliphatic heterocycles. The number of benzene rings is 1. The summed E-state index contributed by atoms with van der Waals surface area (Å²) in [6, 6.07) is 11.7. The highest BCUT2D eigenvalue weighted by Crippen LogP contribution is 2.35. The first-order valence-corrected chi connectivity index (χ1v) is 13.0. The van der Waals surface area contributed by atoms with E-state index in [1.807, 2.05) is 16.7 Å². The van der Waals surface area contributed by atoms with Crippen LogP contribution in [0.25, 0.3) is 0 Å². The van der Waals surface area contributed by atoms with Crippen molar-refractivity contribution in [3.63, 3.8) is 0 Å². The summed E-state index contributed by atoms with van der Waals surface area (Å²) in [6.07, 6.45) is 3.83. The lowest BCUT2D eigenvalue weighted by Gasteiger charge is -2.43. The molecule has 2 bridgehead atoms. The Morgan fingerprint density at radius 2 is 1.86 bits per heavy atom. The monoisotopic (exact) mass is 512 g/mol. The van der Waals surface area contributed by atoms with E-state index in [1.165, 1.54) is 31.6 Å². The molecule has 1 saturated heterocycles. The zero-order chi connectivity index (χ0) is 24.6. The standard InChI is InChI=1S/C23H24N6O4S2/c1-33-22-21(24-9-10-25-22)27-35(31,32)18-7-5-17(6-8-18)26-23(34)28-12-15-11-16(14-28)19-3-2-4-20(30)29(19)13-15/h2-10,15-16H,11-14H2,1H3,(H,24,27)(H,26,34)/t15-,16?/m1/s1. The second-order valence-corrected chi connectivity index (χ2v) is 10.6. The van der Waals surface area contributed by atoms with Gasteiger partial charge in [-0.1, -0.05) is 6.07 Å². The topological polar surface area (TPSA) is 118 Å². The summed E-state index contributed by atoms with van der Waals surface area (Å²) < 4.78 is 34.9. The summed E-state index contributed by atoms with van der Waals surface area (Å²) in [5.41, 5.74) is 1.79. The van der Waals surface area contributed by atoms with Crippen LogP contribution in [0.5, 0.6) is 5.88 Å². The van der Waals surface area contributed by atoms with Crippen LogP contribution in [-0.4, -0.2) is 53.2 Å². The number of hydrogen-bond donors (Lipinski definition) is 2. The van der Waals surface area contributed by atoms with Crippen LogP contribution < -0.4 is 20.3 Å². The van der Waals surface area contributed by atoms with Crippen LogP contribution in [0.15, 0.2) is 64.5 Å². The lowest BCUT2D eigenvalue weighted by atomic mass is 9.83. The average molecular weight is 513 g/mol. The van der Waals surface area contributed by atoms with Gasteiger partial charge in [-0.05, 0) is 54.9 Å². The van der Waals surface area contributed by atoms with Crippen molar-refractivity contribution in [2.45, 2.75) is 23.8 Å². The van der Waals surface area contributed by atoms with Gasteiger partial charge < -0.3 is 19.5 Å². The molecule has 1 aromatic carbocycles. The summed E-state index contributed by atoms with van der Waals surface area (Å²) in [6.45, 7) is 2.18. The zero-order valence-corrected chi connectivity index (χ0v) is 20.6. The van der Waals surface area contributed by atoms with Gasteiger partial charge in [0.2, 0.25) is 5.82 Å². The molecule has 35 heavy (non-hydrogen) atoms. The van der Waals surface area contributed by atoms with Crippen LogP contribution in [-0.2, 0) is 16.6 Å². The highest BCUT2D eigenvalue weighted by Gasteiger charge is 2.35. The number of rotatable bonds is 5. The van der Waals surface area contributed by atoms with Crippen molar-refractivity contribution in [2.24, 2.45) is 5.92 Å². The van der Waals surface area contributed by atoms with Crippen molar-refractivity contribution >= 4 is 38.9 Å². The smallest absolute Gasteiger partial charge is 0.263 e. The maximum absolute atomic E-state index is 12.8. The summed E-state index contributed by atoms with van der Waals surface area (Å²) in [7, 11) is -2.50. The van der Waals surface area contributed by atoms with Gasteiger partial charge in [-0.15, -0.1) is 0 Å². The van der Waals surface area contributed by atoms with Gasteiger partial charge >= 0.3 is 0 Å². The van der Waals surface area contributed by atoms with E-state index in [-0.39, 0.29) is 28.1 Å². The van der Waals surface area contributed by atoms with Gasteiger partial charge in [-0.3, -0.25) is 9.52 Å². The van der Waals surface area contributed by atoms with Crippen molar-refractivity contribution in [3.8, 4) is 5.88 Å². The minimum Gasteiger partial charge on any atom is -0.478 e. The number of aromatic nitrogens is 3. The first-order valence-electron chi connectivity index (χ1n) is 11.1. The Morgan fingerprint density at radius 3 is 2.63 bits per heavy atom. The van der Waals surface area contributed by atoms with Gasteiger partial charge in [0.1, 0.15) is 0 Å². The molecular formula is C23H24N6O4S2. The van der Waals surface area contributed by atoms with E-state index in [1.54, 1.807) is 18.2 Å². The third-order valence-corrected chi connectivity index (χ3v) is 7.99. The first kappa shape index (κ1) is 23.2. The Kier molecular flexibility index (Phi) is 6.15. The number of ether oxygens (including phenoxy) is 1. The van der Waals surface area contributed by atoms with Gasteiger partial charge in [0.25, 0.3) is 21.5 Å². The number of anilines is 2. The zero-order valence-electron chi connectivity index (χ0n) is 18.9. The second-order valence-electron chi connectivity index (χ2n) is 8.58. The number of sulfonamides is 1. The predicted octanol–water partition coefficient (Wildman–Crippen LogP) is 2.26. The van der Waals surface area contributed by atoms with Gasteiger partial charge in [0.05, 0.1) is 12.0 Å². The molecule has 2 N–H and O–H groups in total. The lowest BCUT2D eigenvalue weighted by Crippen LogP contribution is -2.50. The lowest BCUT2D eigenvalue weighted by molar-refractivity contribution is 0.180. The molecule has 0 radical (unpaired) electrons. The molecule has 2 atom stereocenters. The van der Waals surface area contributed by atoms with Crippen molar-refractivity contribution < 1.29 is 13.2 Å². The number of hydrogen-bond acceptors (Lipinski definition) is 7. The first-order chi connectivity index (χ1) is 16.8. The summed E-state index contributed by atoms with van der Waals surface area (Å²) in [4.78, 5) is 22.4. The van der Waals surface area contributed by atoms with Crippen LogP contribution in [0.1, 0.15) is 18.0 Å². The Balaban J connectivity index is 1.26. The minimum atomic E-state index is -3.89. The predicted molar refractivity (Wildman–Crippen MR) is 135 cm³/mol. The Labute approximate surface area is 208 Å². The van der Waals surface area contributed by atoms with Crippen LogP contribution in [0.2, 0.25) is 0 Å². The molecule has 0 aliphatic carbocycles. The number of piperidine rings is 1. The molecule has 0 saturated carbocycles. The number of nitrogens with one attached hydrogen (secondary N) is 2. The van der Waals surface area contributed by atoms with E-state index in [2.05, 4.69) is 24.9 Å². The largest absolute Gasteiger partial charge is 0.478 e. The van der Waals surface area contributed by atoms with Gasteiger partial charge in [0.15, 0.2) is 5.11 Å². The molecule has 0 spiro atoms. The SMILES string of the molecule is COc1nccnc1NS(=O)(=O)c1ccc(NC(=S)N2CC3C[C@H](C2)Cn2c3cccc2=O)cc1. The van der Waals surface area contributed by atoms with Crippen LogP contribution >= 0.6 is 12.2 Å². The molecule has 182 valence electrons. The molecular weight excluding hydrogens is 488 g/mol. The number of methoxy groups -OCH3 is 1. The number of pyridine rings is 1. The van der Waals surface area contributed by atoms with Crippen molar-refractivity contribution in [1.29, 1.82) is 0 Å². The fraction of sp³-hybridized carbons (Fsp3) is 0.304. The highest BCUT2D eigenvalue weighted by molar-refractivity contribution is 7.92. The molecule has 12 heteroatoms. The molecule has 2 aliphatic rings. The van der Waals surface area contributed by atoms with E-state index in [0.29, 0.717) is 23.3 Å².